The van der Waals surface area contributed by atoms with Crippen LogP contribution in [0.15, 0.2) is 53.7 Å². The van der Waals surface area contributed by atoms with Crippen molar-refractivity contribution >= 4 is 17.8 Å². The minimum absolute atomic E-state index is 0.0558. The topological polar surface area (TPSA) is 49.7 Å². The molecule has 0 radical (unpaired) electrons. The second kappa shape index (κ2) is 5.07. The number of nitrogens with zero attached hydrogens (tertiary/aromatic N) is 1. The molecule has 0 unspecified atom stereocenters. The van der Waals surface area contributed by atoms with E-state index < -0.39 is 0 Å². The van der Waals surface area contributed by atoms with Gasteiger partial charge in [0, 0.05) is 0 Å². The lowest BCUT2D eigenvalue weighted by Gasteiger charge is -1.97. The van der Waals surface area contributed by atoms with Crippen LogP contribution in [0.3, 0.4) is 0 Å². The van der Waals surface area contributed by atoms with Crippen LogP contribution >= 0.6 is 0 Å². The maximum Gasteiger partial charge on any atom is 0.150 e. The molecule has 3 heteroatoms. The number of hydrogen-bond acceptors (Lipinski definition) is 3. The van der Waals surface area contributed by atoms with Crippen molar-refractivity contribution < 1.29 is 5.11 Å². The van der Waals surface area contributed by atoms with Crippen LogP contribution in [-0.4, -0.2) is 5.11 Å². The summed E-state index contributed by atoms with van der Waals surface area (Å²) in [6.45, 7) is 0. The fraction of sp³-hybridized carbons (Fsp3) is 0. The van der Waals surface area contributed by atoms with Crippen LogP contribution < -0.4 is 0 Å². The standard InChI is InChI=1S/C14H11NO2/c16-14-9-8-12(10-13(14)15-17)7-6-11-4-2-1-3-5-11/h1-10,16H/b7-6+. The first kappa shape index (κ1) is 11.1. The second-order valence-electron chi connectivity index (χ2n) is 3.58. The molecule has 2 aromatic rings. The van der Waals surface area contributed by atoms with Gasteiger partial charge in [-0.25, -0.2) is 0 Å². The van der Waals surface area contributed by atoms with Crippen LogP contribution in [0, 0.1) is 4.91 Å². The largest absolute Gasteiger partial charge is 0.506 e. The van der Waals surface area contributed by atoms with Crippen LogP contribution in [-0.2, 0) is 0 Å². The summed E-state index contributed by atoms with van der Waals surface area (Å²) in [5.41, 5.74) is 1.95. The van der Waals surface area contributed by atoms with Gasteiger partial charge in [-0.3, -0.25) is 0 Å². The average molecular weight is 225 g/mol. The van der Waals surface area contributed by atoms with Gasteiger partial charge in [0.25, 0.3) is 0 Å². The summed E-state index contributed by atoms with van der Waals surface area (Å²) in [7, 11) is 0. The summed E-state index contributed by atoms with van der Waals surface area (Å²) in [6, 6.07) is 14.5. The highest BCUT2D eigenvalue weighted by molar-refractivity contribution is 5.72. The van der Waals surface area contributed by atoms with Crippen molar-refractivity contribution in [2.45, 2.75) is 0 Å². The zero-order chi connectivity index (χ0) is 12.1. The molecule has 2 aromatic carbocycles. The number of hydrogen-bond donors (Lipinski definition) is 1. The monoisotopic (exact) mass is 225 g/mol. The normalized spacial score (nSPS) is 10.6. The Bertz CT molecular complexity index is 547. The van der Waals surface area contributed by atoms with E-state index in [1.165, 1.54) is 6.07 Å². The van der Waals surface area contributed by atoms with Crippen molar-refractivity contribution in [2.24, 2.45) is 5.18 Å². The number of phenols is 1. The summed E-state index contributed by atoms with van der Waals surface area (Å²) < 4.78 is 0. The van der Waals surface area contributed by atoms with E-state index >= 15 is 0 Å². The number of rotatable bonds is 3. The molecule has 0 aromatic heterocycles. The highest BCUT2D eigenvalue weighted by Crippen LogP contribution is 2.27. The molecule has 0 saturated carbocycles. The van der Waals surface area contributed by atoms with E-state index in [-0.39, 0.29) is 11.4 Å². The highest BCUT2D eigenvalue weighted by Gasteiger charge is 2.00. The van der Waals surface area contributed by atoms with E-state index in [0.717, 1.165) is 11.1 Å². The van der Waals surface area contributed by atoms with E-state index in [9.17, 15) is 10.0 Å². The summed E-state index contributed by atoms with van der Waals surface area (Å²) in [5, 5.41) is 12.1. The maximum atomic E-state index is 10.4. The van der Waals surface area contributed by atoms with Crippen LogP contribution in [0.2, 0.25) is 0 Å². The SMILES string of the molecule is O=Nc1cc(/C=C/c2ccccc2)ccc1O. The molecule has 3 nitrogen and oxygen atoms in total. The molecule has 0 heterocycles. The molecule has 0 fully saturated rings. The Morgan fingerprint density at radius 3 is 2.35 bits per heavy atom. The first-order valence-electron chi connectivity index (χ1n) is 5.19. The van der Waals surface area contributed by atoms with Crippen LogP contribution in [0.5, 0.6) is 5.75 Å². The smallest absolute Gasteiger partial charge is 0.150 e. The Labute approximate surface area is 99.0 Å². The quantitative estimate of drug-likeness (QED) is 0.634. The van der Waals surface area contributed by atoms with Crippen molar-refractivity contribution in [2.75, 3.05) is 0 Å². The molecule has 84 valence electrons. The molecule has 0 aliphatic rings. The van der Waals surface area contributed by atoms with Gasteiger partial charge >= 0.3 is 0 Å². The van der Waals surface area contributed by atoms with Crippen LogP contribution in [0.25, 0.3) is 12.2 Å². The van der Waals surface area contributed by atoms with E-state index in [0.29, 0.717) is 0 Å². The zero-order valence-electron chi connectivity index (χ0n) is 9.08. The molecule has 0 spiro atoms. The minimum Gasteiger partial charge on any atom is -0.506 e. The molecule has 17 heavy (non-hydrogen) atoms. The number of benzene rings is 2. The van der Waals surface area contributed by atoms with Gasteiger partial charge < -0.3 is 5.11 Å². The molecule has 0 atom stereocenters. The number of aromatic hydroxyl groups is 1. The number of phenolic OH excluding ortho intramolecular Hbond substituents is 1. The van der Waals surface area contributed by atoms with Crippen molar-refractivity contribution in [1.82, 2.24) is 0 Å². The molecule has 0 aliphatic carbocycles. The van der Waals surface area contributed by atoms with Crippen molar-refractivity contribution in [3.05, 3.63) is 64.6 Å². The third kappa shape index (κ3) is 2.78. The second-order valence-corrected chi connectivity index (χ2v) is 3.58. The first-order valence-corrected chi connectivity index (χ1v) is 5.19. The van der Waals surface area contributed by atoms with Gasteiger partial charge in [-0.05, 0) is 28.4 Å². The van der Waals surface area contributed by atoms with Gasteiger partial charge in [-0.1, -0.05) is 48.6 Å². The Balaban J connectivity index is 2.25. The Hall–Kier alpha value is -2.42. The van der Waals surface area contributed by atoms with Crippen molar-refractivity contribution in [3.63, 3.8) is 0 Å². The Kier molecular flexibility index (Phi) is 3.31. The molecular weight excluding hydrogens is 214 g/mol. The lowest BCUT2D eigenvalue weighted by Crippen LogP contribution is -1.74. The van der Waals surface area contributed by atoms with Gasteiger partial charge in [0.2, 0.25) is 0 Å². The number of nitroso groups, excluding NO2 is 1. The summed E-state index contributed by atoms with van der Waals surface area (Å²) in [6.07, 6.45) is 3.80. The van der Waals surface area contributed by atoms with E-state index in [2.05, 4.69) is 5.18 Å². The minimum atomic E-state index is -0.100. The van der Waals surface area contributed by atoms with Gasteiger partial charge in [-0.15, -0.1) is 4.91 Å². The summed E-state index contributed by atoms with van der Waals surface area (Å²) >= 11 is 0. The predicted molar refractivity (Wildman–Crippen MR) is 68.9 cm³/mol. The molecule has 1 N–H and O–H groups in total. The summed E-state index contributed by atoms with van der Waals surface area (Å²) in [4.78, 5) is 10.4. The fourth-order valence-electron chi connectivity index (χ4n) is 1.47. The zero-order valence-corrected chi connectivity index (χ0v) is 9.08. The maximum absolute atomic E-state index is 10.4. The average Bonchev–Trinajstić information content (AvgIpc) is 2.39. The van der Waals surface area contributed by atoms with Crippen molar-refractivity contribution in [3.8, 4) is 5.75 Å². The first-order chi connectivity index (χ1) is 8.29. The summed E-state index contributed by atoms with van der Waals surface area (Å²) in [5.74, 6) is -0.100. The molecule has 0 amide bonds. The Morgan fingerprint density at radius 2 is 1.65 bits per heavy atom. The molecule has 0 aliphatic heterocycles. The van der Waals surface area contributed by atoms with Crippen LogP contribution in [0.1, 0.15) is 11.1 Å². The highest BCUT2D eigenvalue weighted by atomic mass is 16.3. The van der Waals surface area contributed by atoms with Gasteiger partial charge in [0.05, 0.1) is 0 Å². The molecular formula is C14H11NO2. The third-order valence-corrected chi connectivity index (χ3v) is 2.37. The fourth-order valence-corrected chi connectivity index (χ4v) is 1.47. The van der Waals surface area contributed by atoms with Gasteiger partial charge in [0.1, 0.15) is 11.4 Å². The predicted octanol–water partition coefficient (Wildman–Crippen LogP) is 3.96. The van der Waals surface area contributed by atoms with Crippen molar-refractivity contribution in [1.29, 1.82) is 0 Å². The molecule has 0 bridgehead atoms. The van der Waals surface area contributed by atoms with E-state index in [1.807, 2.05) is 42.5 Å². The van der Waals surface area contributed by atoms with E-state index in [4.69, 9.17) is 0 Å². The van der Waals surface area contributed by atoms with Crippen LogP contribution in [0.4, 0.5) is 5.69 Å². The lowest BCUT2D eigenvalue weighted by molar-refractivity contribution is 0.477. The Morgan fingerprint density at radius 1 is 0.941 bits per heavy atom. The van der Waals surface area contributed by atoms with E-state index in [1.54, 1.807) is 12.1 Å². The third-order valence-electron chi connectivity index (χ3n) is 2.37. The molecule has 2 rings (SSSR count). The lowest BCUT2D eigenvalue weighted by atomic mass is 10.1. The van der Waals surface area contributed by atoms with Gasteiger partial charge in [-0.2, -0.15) is 0 Å². The molecule has 0 saturated heterocycles. The van der Waals surface area contributed by atoms with Gasteiger partial charge in [0.15, 0.2) is 0 Å².